The van der Waals surface area contributed by atoms with Gasteiger partial charge in [0.1, 0.15) is 6.61 Å². The van der Waals surface area contributed by atoms with Crippen LogP contribution in [0.4, 0.5) is 5.69 Å². The smallest absolute Gasteiger partial charge is 0.336 e. The minimum atomic E-state index is -0.598. The molecule has 3 rings (SSSR count). The van der Waals surface area contributed by atoms with Gasteiger partial charge >= 0.3 is 6.01 Å². The third-order valence-electron chi connectivity index (χ3n) is 4.92. The highest BCUT2D eigenvalue weighted by molar-refractivity contribution is 5.60. The molecule has 8 nitrogen and oxygen atoms in total. The van der Waals surface area contributed by atoms with E-state index in [0.29, 0.717) is 38.2 Å². The summed E-state index contributed by atoms with van der Waals surface area (Å²) in [5.41, 5.74) is 3.59. The summed E-state index contributed by atoms with van der Waals surface area (Å²) in [6.45, 7) is 12.1. The van der Waals surface area contributed by atoms with Gasteiger partial charge in [0.05, 0.1) is 30.6 Å². The fraction of sp³-hybridized carbons (Fsp3) is 0.462. The molecule has 1 heterocycles. The van der Waals surface area contributed by atoms with Gasteiger partial charge in [0.25, 0.3) is 0 Å². The van der Waals surface area contributed by atoms with Crippen molar-refractivity contribution in [2.24, 2.45) is 0 Å². The van der Waals surface area contributed by atoms with E-state index in [9.17, 15) is 5.11 Å². The second-order valence-corrected chi connectivity index (χ2v) is 9.05. The average molecular weight is 469 g/mol. The number of aliphatic hydroxyl groups is 1. The summed E-state index contributed by atoms with van der Waals surface area (Å²) in [7, 11) is 0. The summed E-state index contributed by atoms with van der Waals surface area (Å²) in [6, 6.07) is 16.3. The van der Waals surface area contributed by atoms with Gasteiger partial charge in [-0.2, -0.15) is 4.98 Å². The summed E-state index contributed by atoms with van der Waals surface area (Å²) >= 11 is 0. The number of aromatic nitrogens is 3. The molecule has 0 aliphatic carbocycles. The van der Waals surface area contributed by atoms with Crippen molar-refractivity contribution in [3.05, 3.63) is 54.1 Å². The van der Waals surface area contributed by atoms with Crippen molar-refractivity contribution in [3.8, 4) is 23.1 Å². The molecular formula is C26H36N4O4. The lowest BCUT2D eigenvalue weighted by Gasteiger charge is -2.22. The van der Waals surface area contributed by atoms with E-state index in [1.807, 2.05) is 76.2 Å². The zero-order chi connectivity index (χ0) is 24.6. The van der Waals surface area contributed by atoms with Gasteiger partial charge in [-0.25, -0.2) is 4.68 Å². The summed E-state index contributed by atoms with van der Waals surface area (Å²) in [6.07, 6.45) is -0.598. The Hall–Kier alpha value is -2.94. The Morgan fingerprint density at radius 3 is 2.38 bits per heavy atom. The van der Waals surface area contributed by atoms with Gasteiger partial charge in [0, 0.05) is 24.4 Å². The van der Waals surface area contributed by atoms with Crippen LogP contribution in [0.1, 0.15) is 33.3 Å². The van der Waals surface area contributed by atoms with Crippen LogP contribution < -0.4 is 10.1 Å². The highest BCUT2D eigenvalue weighted by atomic mass is 16.5. The molecule has 0 saturated carbocycles. The predicted molar refractivity (Wildman–Crippen MR) is 134 cm³/mol. The van der Waals surface area contributed by atoms with E-state index in [-0.39, 0.29) is 12.2 Å². The maximum absolute atomic E-state index is 10.2. The molecule has 184 valence electrons. The van der Waals surface area contributed by atoms with Crippen LogP contribution in [0.2, 0.25) is 0 Å². The fourth-order valence-corrected chi connectivity index (χ4v) is 3.12. The summed E-state index contributed by atoms with van der Waals surface area (Å²) < 4.78 is 18.5. The number of nitrogens with zero attached hydrogens (tertiary/aromatic N) is 3. The number of rotatable bonds is 12. The van der Waals surface area contributed by atoms with Crippen LogP contribution in [0.25, 0.3) is 17.1 Å². The van der Waals surface area contributed by atoms with Crippen molar-refractivity contribution >= 4 is 5.69 Å². The number of aryl methyl sites for hydroxylation is 1. The number of ether oxygens (including phenoxy) is 3. The van der Waals surface area contributed by atoms with Gasteiger partial charge in [-0.15, -0.1) is 5.10 Å². The van der Waals surface area contributed by atoms with Crippen molar-refractivity contribution in [2.75, 3.05) is 38.3 Å². The molecule has 0 spiro atoms. The molecule has 0 unspecified atom stereocenters. The van der Waals surface area contributed by atoms with Crippen molar-refractivity contribution in [2.45, 2.75) is 46.3 Å². The molecule has 1 atom stereocenters. The number of hydrogen-bond donors (Lipinski definition) is 2. The monoisotopic (exact) mass is 468 g/mol. The molecule has 0 bridgehead atoms. The van der Waals surface area contributed by atoms with Crippen molar-refractivity contribution in [1.82, 2.24) is 14.8 Å². The largest absolute Gasteiger partial charge is 0.460 e. The SMILES string of the molecule is CCOCCOc1nc(-c2ccc(C)cc2)n(-c2ccc(NC[C@H](O)COC(C)(C)C)cc2)n1. The molecule has 1 aromatic heterocycles. The number of nitrogens with one attached hydrogen (secondary N) is 1. The lowest BCUT2D eigenvalue weighted by molar-refractivity contribution is -0.0449. The topological polar surface area (TPSA) is 90.7 Å². The van der Waals surface area contributed by atoms with Crippen LogP contribution in [0.15, 0.2) is 48.5 Å². The van der Waals surface area contributed by atoms with E-state index in [1.54, 1.807) is 4.68 Å². The molecule has 0 radical (unpaired) electrons. The van der Waals surface area contributed by atoms with Crippen molar-refractivity contribution in [1.29, 1.82) is 0 Å². The summed E-state index contributed by atoms with van der Waals surface area (Å²) in [5, 5.41) is 18.0. The first-order valence-corrected chi connectivity index (χ1v) is 11.7. The lowest BCUT2D eigenvalue weighted by atomic mass is 10.1. The Morgan fingerprint density at radius 1 is 1.03 bits per heavy atom. The summed E-state index contributed by atoms with van der Waals surface area (Å²) in [5.74, 6) is 0.696. The van der Waals surface area contributed by atoms with Crippen LogP contribution in [0.5, 0.6) is 6.01 Å². The molecule has 2 N–H and O–H groups in total. The van der Waals surface area contributed by atoms with Crippen LogP contribution in [-0.2, 0) is 9.47 Å². The van der Waals surface area contributed by atoms with Crippen molar-refractivity contribution < 1.29 is 19.3 Å². The van der Waals surface area contributed by atoms with Gasteiger partial charge in [-0.05, 0) is 58.9 Å². The lowest BCUT2D eigenvalue weighted by Crippen LogP contribution is -2.30. The molecule has 8 heteroatoms. The zero-order valence-corrected chi connectivity index (χ0v) is 20.7. The van der Waals surface area contributed by atoms with E-state index >= 15 is 0 Å². The number of benzene rings is 2. The molecule has 2 aromatic carbocycles. The first kappa shape index (κ1) is 25.7. The van der Waals surface area contributed by atoms with Gasteiger partial charge in [-0.1, -0.05) is 29.8 Å². The predicted octanol–water partition coefficient (Wildman–Crippen LogP) is 4.25. The molecule has 0 aliphatic heterocycles. The van der Waals surface area contributed by atoms with Crippen LogP contribution in [0.3, 0.4) is 0 Å². The molecule has 34 heavy (non-hydrogen) atoms. The minimum Gasteiger partial charge on any atom is -0.460 e. The quantitative estimate of drug-likeness (QED) is 0.384. The molecular weight excluding hydrogens is 432 g/mol. The Morgan fingerprint density at radius 2 is 1.74 bits per heavy atom. The molecule has 0 amide bonds. The third-order valence-corrected chi connectivity index (χ3v) is 4.92. The summed E-state index contributed by atoms with van der Waals surface area (Å²) in [4.78, 5) is 4.62. The molecule has 3 aromatic rings. The van der Waals surface area contributed by atoms with Gasteiger partial charge in [0.2, 0.25) is 0 Å². The zero-order valence-electron chi connectivity index (χ0n) is 20.7. The molecule has 0 fully saturated rings. The number of aliphatic hydroxyl groups excluding tert-OH is 1. The van der Waals surface area contributed by atoms with Gasteiger partial charge in [0.15, 0.2) is 5.82 Å². The standard InChI is InChI=1S/C26H36N4O4/c1-6-32-15-16-33-25-28-24(20-9-7-19(2)8-10-20)30(29-25)22-13-11-21(12-14-22)27-17-23(31)18-34-26(3,4)5/h7-14,23,27,31H,6,15-18H2,1-5H3/t23-/m0/s1. The number of anilines is 1. The fourth-order valence-electron chi connectivity index (χ4n) is 3.12. The first-order chi connectivity index (χ1) is 16.2. The van der Waals surface area contributed by atoms with E-state index < -0.39 is 6.10 Å². The minimum absolute atomic E-state index is 0.277. The van der Waals surface area contributed by atoms with E-state index in [0.717, 1.165) is 16.9 Å². The Bertz CT molecular complexity index is 1010. The van der Waals surface area contributed by atoms with Gasteiger partial charge in [-0.3, -0.25) is 0 Å². The van der Waals surface area contributed by atoms with Crippen LogP contribution in [-0.4, -0.2) is 64.5 Å². The first-order valence-electron chi connectivity index (χ1n) is 11.7. The van der Waals surface area contributed by atoms with E-state index in [4.69, 9.17) is 14.2 Å². The van der Waals surface area contributed by atoms with E-state index in [1.165, 1.54) is 5.56 Å². The Labute approximate surface area is 201 Å². The Balaban J connectivity index is 1.72. The maximum atomic E-state index is 10.2. The molecule has 0 saturated heterocycles. The van der Waals surface area contributed by atoms with Crippen LogP contribution in [0, 0.1) is 6.92 Å². The highest BCUT2D eigenvalue weighted by Crippen LogP contribution is 2.25. The van der Waals surface area contributed by atoms with E-state index in [2.05, 4.69) is 22.3 Å². The maximum Gasteiger partial charge on any atom is 0.336 e. The Kier molecular flexibility index (Phi) is 9.04. The normalized spacial score (nSPS) is 12.5. The van der Waals surface area contributed by atoms with Crippen LogP contribution >= 0.6 is 0 Å². The van der Waals surface area contributed by atoms with Gasteiger partial charge < -0.3 is 24.6 Å². The molecule has 0 aliphatic rings. The second kappa shape index (κ2) is 12.0. The number of hydrogen-bond acceptors (Lipinski definition) is 7. The van der Waals surface area contributed by atoms with Crippen molar-refractivity contribution in [3.63, 3.8) is 0 Å². The third kappa shape index (κ3) is 7.83. The highest BCUT2D eigenvalue weighted by Gasteiger charge is 2.16. The second-order valence-electron chi connectivity index (χ2n) is 9.05. The average Bonchev–Trinajstić information content (AvgIpc) is 3.23.